The van der Waals surface area contributed by atoms with Gasteiger partial charge in [-0.15, -0.1) is 0 Å². The molecular formula is C28H39FN4O8. The number of alkyl carbamates (subject to hydrolysis) is 1. The van der Waals surface area contributed by atoms with E-state index in [9.17, 15) is 38.6 Å². The minimum atomic E-state index is -1.45. The summed E-state index contributed by atoms with van der Waals surface area (Å²) in [5, 5.41) is 24.2. The molecule has 2 aliphatic rings. The molecule has 1 heterocycles. The third-order valence-corrected chi connectivity index (χ3v) is 7.79. The maximum atomic E-state index is 13.8. The number of rotatable bonds is 14. The van der Waals surface area contributed by atoms with Crippen LogP contribution in [0.3, 0.4) is 0 Å². The fourth-order valence-corrected chi connectivity index (χ4v) is 5.67. The first-order chi connectivity index (χ1) is 19.6. The first kappa shape index (κ1) is 31.8. The van der Waals surface area contributed by atoms with Crippen LogP contribution >= 0.6 is 0 Å². The van der Waals surface area contributed by atoms with Gasteiger partial charge in [0.15, 0.2) is 0 Å². The minimum Gasteiger partial charge on any atom is -0.480 e. The van der Waals surface area contributed by atoms with Gasteiger partial charge in [0, 0.05) is 18.0 Å². The maximum Gasteiger partial charge on any atom is 0.408 e. The molecule has 1 aliphatic heterocycles. The molecule has 0 unspecified atom stereocenters. The van der Waals surface area contributed by atoms with Gasteiger partial charge in [0.2, 0.25) is 11.8 Å². The van der Waals surface area contributed by atoms with E-state index in [4.69, 9.17) is 10.5 Å². The second-order valence-electron chi connectivity index (χ2n) is 10.6. The van der Waals surface area contributed by atoms with Crippen molar-refractivity contribution >= 4 is 29.8 Å². The van der Waals surface area contributed by atoms with Crippen molar-refractivity contribution in [3.8, 4) is 0 Å². The normalized spacial score (nSPS) is 21.3. The molecule has 3 amide bonds. The van der Waals surface area contributed by atoms with Crippen LogP contribution in [0.5, 0.6) is 0 Å². The van der Waals surface area contributed by atoms with Crippen molar-refractivity contribution in [2.24, 2.45) is 11.7 Å². The summed E-state index contributed by atoms with van der Waals surface area (Å²) in [6.45, 7) is -0.0210. The van der Waals surface area contributed by atoms with E-state index in [-0.39, 0.29) is 43.4 Å². The quantitative estimate of drug-likeness (QED) is 0.206. The molecule has 2 fully saturated rings. The van der Waals surface area contributed by atoms with Gasteiger partial charge in [-0.3, -0.25) is 9.59 Å². The number of likely N-dealkylation sites (tertiary alicyclic amines) is 1. The SMILES string of the molecule is NCCCC[C@H](NC(=O)OCc1ccccc1F)C(=O)N[C@H](CCC(=O)N1[C@H](C(=O)O)C[C@@H]2CCCC[C@@H]21)C(=O)O. The van der Waals surface area contributed by atoms with Gasteiger partial charge in [0.25, 0.3) is 0 Å². The molecule has 41 heavy (non-hydrogen) atoms. The van der Waals surface area contributed by atoms with Crippen molar-refractivity contribution in [2.75, 3.05) is 6.54 Å². The average Bonchev–Trinajstić information content (AvgIpc) is 3.34. The first-order valence-corrected chi connectivity index (χ1v) is 14.1. The number of amides is 3. The third-order valence-electron chi connectivity index (χ3n) is 7.79. The molecule has 1 aliphatic carbocycles. The van der Waals surface area contributed by atoms with Crippen molar-refractivity contribution < 1.29 is 43.3 Å². The number of nitrogens with zero attached hydrogens (tertiary/aromatic N) is 1. The van der Waals surface area contributed by atoms with Gasteiger partial charge in [-0.25, -0.2) is 18.8 Å². The summed E-state index contributed by atoms with van der Waals surface area (Å²) in [7, 11) is 0. The van der Waals surface area contributed by atoms with Gasteiger partial charge in [-0.1, -0.05) is 31.0 Å². The van der Waals surface area contributed by atoms with Gasteiger partial charge >= 0.3 is 18.0 Å². The van der Waals surface area contributed by atoms with Gasteiger partial charge in [0.1, 0.15) is 30.5 Å². The number of carboxylic acid groups (broad SMARTS) is 2. The Kier molecular flexibility index (Phi) is 11.9. The number of hydrogen-bond acceptors (Lipinski definition) is 7. The highest BCUT2D eigenvalue weighted by molar-refractivity contribution is 5.90. The highest BCUT2D eigenvalue weighted by atomic mass is 19.1. The number of benzene rings is 1. The van der Waals surface area contributed by atoms with Crippen LogP contribution in [0.2, 0.25) is 0 Å². The number of ether oxygens (including phenoxy) is 1. The molecule has 3 rings (SSSR count). The van der Waals surface area contributed by atoms with Crippen molar-refractivity contribution in [1.82, 2.24) is 15.5 Å². The third kappa shape index (κ3) is 8.87. The summed E-state index contributed by atoms with van der Waals surface area (Å²) < 4.78 is 18.9. The summed E-state index contributed by atoms with van der Waals surface area (Å²) in [4.78, 5) is 63.8. The standard InChI is InChI=1S/C28H39FN4O8/c29-19-9-3-1-8-18(19)16-41-28(40)32-20(10-5-6-14-30)25(35)31-21(26(36)37)12-13-24(34)33-22-11-4-2-7-17(22)15-23(33)27(38)39/h1,3,8-9,17,20-23H,2,4-7,10-16,30H2,(H,31,35)(H,32,40)(H,36,37)(H,38,39)/t17-,20-,21+,22-,23-/m0/s1. The molecule has 1 aromatic carbocycles. The van der Waals surface area contributed by atoms with Crippen molar-refractivity contribution in [3.63, 3.8) is 0 Å². The molecule has 0 radical (unpaired) electrons. The molecular weight excluding hydrogens is 539 g/mol. The molecule has 0 spiro atoms. The number of carbonyl (C=O) groups excluding carboxylic acids is 3. The number of unbranched alkanes of at least 4 members (excludes halogenated alkanes) is 1. The lowest BCUT2D eigenvalue weighted by atomic mass is 9.84. The van der Waals surface area contributed by atoms with E-state index in [1.54, 1.807) is 6.07 Å². The summed E-state index contributed by atoms with van der Waals surface area (Å²) in [6.07, 6.45) is 3.46. The van der Waals surface area contributed by atoms with Crippen LogP contribution in [0.1, 0.15) is 69.8 Å². The summed E-state index contributed by atoms with van der Waals surface area (Å²) in [6, 6.07) is 2.00. The molecule has 0 bridgehead atoms. The van der Waals surface area contributed by atoms with Gasteiger partial charge in [0.05, 0.1) is 0 Å². The lowest BCUT2D eigenvalue weighted by Gasteiger charge is -2.33. The number of hydrogen-bond donors (Lipinski definition) is 5. The number of halogens is 1. The molecule has 13 heteroatoms. The lowest BCUT2D eigenvalue weighted by Crippen LogP contribution is -2.52. The van der Waals surface area contributed by atoms with Crippen molar-refractivity contribution in [1.29, 1.82) is 0 Å². The van der Waals surface area contributed by atoms with Crippen LogP contribution < -0.4 is 16.4 Å². The summed E-state index contributed by atoms with van der Waals surface area (Å²) in [5.41, 5.74) is 5.67. The Morgan fingerprint density at radius 3 is 2.44 bits per heavy atom. The first-order valence-electron chi connectivity index (χ1n) is 14.1. The second-order valence-corrected chi connectivity index (χ2v) is 10.6. The maximum absolute atomic E-state index is 13.8. The van der Waals surface area contributed by atoms with Gasteiger partial charge in [-0.2, -0.15) is 0 Å². The van der Waals surface area contributed by atoms with Crippen LogP contribution in [-0.2, 0) is 30.5 Å². The predicted octanol–water partition coefficient (Wildman–Crippen LogP) is 2.14. The number of nitrogens with one attached hydrogen (secondary N) is 2. The van der Waals surface area contributed by atoms with Crippen molar-refractivity contribution in [3.05, 3.63) is 35.6 Å². The number of aliphatic carboxylic acids is 2. The van der Waals surface area contributed by atoms with E-state index < -0.39 is 53.8 Å². The molecule has 1 saturated carbocycles. The highest BCUT2D eigenvalue weighted by Gasteiger charge is 2.47. The Morgan fingerprint density at radius 2 is 1.76 bits per heavy atom. The Hall–Kier alpha value is -3.74. The van der Waals surface area contributed by atoms with Crippen LogP contribution in [0.4, 0.5) is 9.18 Å². The van der Waals surface area contributed by atoms with E-state index in [1.165, 1.54) is 23.1 Å². The van der Waals surface area contributed by atoms with Crippen molar-refractivity contribution in [2.45, 2.75) is 95.0 Å². The molecule has 1 saturated heterocycles. The monoisotopic (exact) mass is 578 g/mol. The minimum absolute atomic E-state index is 0.113. The predicted molar refractivity (Wildman–Crippen MR) is 144 cm³/mol. The topological polar surface area (TPSA) is 188 Å². The lowest BCUT2D eigenvalue weighted by molar-refractivity contribution is -0.150. The van der Waals surface area contributed by atoms with Crippen LogP contribution in [0.25, 0.3) is 0 Å². The second kappa shape index (κ2) is 15.3. The number of nitrogens with two attached hydrogens (primary N) is 1. The Labute approximate surface area is 237 Å². The summed E-state index contributed by atoms with van der Waals surface area (Å²) >= 11 is 0. The van der Waals surface area contributed by atoms with E-state index in [0.29, 0.717) is 32.2 Å². The van der Waals surface area contributed by atoms with Gasteiger partial charge in [-0.05, 0) is 63.5 Å². The van der Waals surface area contributed by atoms with E-state index >= 15 is 0 Å². The smallest absolute Gasteiger partial charge is 0.408 e. The Balaban J connectivity index is 1.60. The van der Waals surface area contributed by atoms with Gasteiger partial charge < -0.3 is 36.2 Å². The summed E-state index contributed by atoms with van der Waals surface area (Å²) in [5.74, 6) is -4.14. The van der Waals surface area contributed by atoms with Crippen LogP contribution in [0.15, 0.2) is 24.3 Å². The van der Waals surface area contributed by atoms with Crippen LogP contribution in [-0.4, -0.2) is 75.7 Å². The fraction of sp³-hybridized carbons (Fsp3) is 0.607. The largest absolute Gasteiger partial charge is 0.480 e. The van der Waals surface area contributed by atoms with E-state index in [2.05, 4.69) is 10.6 Å². The fourth-order valence-electron chi connectivity index (χ4n) is 5.67. The molecule has 5 atom stereocenters. The van der Waals surface area contributed by atoms with E-state index in [1.807, 2.05) is 0 Å². The molecule has 1 aromatic rings. The number of carbonyl (C=O) groups is 5. The highest BCUT2D eigenvalue weighted by Crippen LogP contribution is 2.40. The zero-order chi connectivity index (χ0) is 29.9. The Bertz CT molecular complexity index is 1100. The average molecular weight is 579 g/mol. The number of carboxylic acids is 2. The molecule has 0 aromatic heterocycles. The van der Waals surface area contributed by atoms with E-state index in [0.717, 1.165) is 19.3 Å². The Morgan fingerprint density at radius 1 is 1.02 bits per heavy atom. The molecule has 12 nitrogen and oxygen atoms in total. The zero-order valence-electron chi connectivity index (χ0n) is 22.9. The molecule has 226 valence electrons. The zero-order valence-corrected chi connectivity index (χ0v) is 22.9. The van der Waals surface area contributed by atoms with Crippen LogP contribution in [0, 0.1) is 11.7 Å². The number of fused-ring (bicyclic) bond motifs is 1. The molecule has 6 N–H and O–H groups in total.